The second kappa shape index (κ2) is 10.0. The first kappa shape index (κ1) is 22.1. The maximum Gasteiger partial charge on any atom is 0.175 e. The second-order valence-corrected chi connectivity index (χ2v) is 8.95. The van der Waals surface area contributed by atoms with Crippen molar-refractivity contribution >= 4 is 54.3 Å². The number of ether oxygens (including phenoxy) is 2. The molecule has 3 nitrogen and oxygen atoms in total. The van der Waals surface area contributed by atoms with E-state index >= 15 is 0 Å². The molecule has 0 saturated carbocycles. The monoisotopic (exact) mass is 547 g/mol. The molecule has 0 bridgehead atoms. The molecule has 32 heavy (non-hydrogen) atoms. The maximum absolute atomic E-state index is 9.80. The molecule has 0 N–H and O–H groups in total. The fourth-order valence-corrected chi connectivity index (χ4v) is 4.24. The van der Waals surface area contributed by atoms with Crippen LogP contribution in [0.25, 0.3) is 22.4 Å². The first-order valence-corrected chi connectivity index (χ1v) is 11.5. The summed E-state index contributed by atoms with van der Waals surface area (Å²) in [5.74, 6) is 1.22. The molecule has 0 saturated heterocycles. The number of methoxy groups -OCH3 is 1. The van der Waals surface area contributed by atoms with Crippen LogP contribution in [-0.4, -0.2) is 7.11 Å². The molecule has 0 aliphatic heterocycles. The lowest BCUT2D eigenvalue weighted by Crippen LogP contribution is -1.99. The fourth-order valence-electron chi connectivity index (χ4n) is 3.40. The molecule has 4 aromatic carbocycles. The van der Waals surface area contributed by atoms with E-state index in [-0.39, 0.29) is 0 Å². The van der Waals surface area contributed by atoms with Crippen molar-refractivity contribution < 1.29 is 9.47 Å². The minimum Gasteiger partial charge on any atom is -0.493 e. The van der Waals surface area contributed by atoms with Gasteiger partial charge in [-0.15, -0.1) is 0 Å². The summed E-state index contributed by atoms with van der Waals surface area (Å²) in [6.45, 7) is 0.415. The van der Waals surface area contributed by atoms with Gasteiger partial charge in [0.1, 0.15) is 6.61 Å². The van der Waals surface area contributed by atoms with Gasteiger partial charge >= 0.3 is 0 Å². The van der Waals surface area contributed by atoms with E-state index in [0.717, 1.165) is 36.4 Å². The van der Waals surface area contributed by atoms with Gasteiger partial charge in [-0.25, -0.2) is 0 Å². The van der Waals surface area contributed by atoms with Gasteiger partial charge in [-0.05, 0) is 79.8 Å². The van der Waals surface area contributed by atoms with Crippen LogP contribution in [0.2, 0.25) is 0 Å². The third-order valence-corrected chi connectivity index (χ3v) is 6.16. The van der Waals surface area contributed by atoms with E-state index in [0.29, 0.717) is 23.7 Å². The minimum atomic E-state index is 0.415. The molecule has 0 aliphatic carbocycles. The molecule has 0 amide bonds. The highest BCUT2D eigenvalue weighted by molar-refractivity contribution is 9.10. The molecule has 0 heterocycles. The average Bonchev–Trinajstić information content (AvgIpc) is 2.82. The lowest BCUT2D eigenvalue weighted by atomic mass is 10.00. The summed E-state index contributed by atoms with van der Waals surface area (Å²) in [7, 11) is 1.61. The molecule has 0 radical (unpaired) electrons. The van der Waals surface area contributed by atoms with Crippen molar-refractivity contribution in [3.8, 4) is 17.6 Å². The largest absolute Gasteiger partial charge is 0.493 e. The molecule has 0 aromatic heterocycles. The Balaban J connectivity index is 1.63. The van der Waals surface area contributed by atoms with Crippen LogP contribution >= 0.6 is 31.9 Å². The highest BCUT2D eigenvalue weighted by Gasteiger charge is 2.13. The van der Waals surface area contributed by atoms with E-state index in [1.54, 1.807) is 7.11 Å². The summed E-state index contributed by atoms with van der Waals surface area (Å²) >= 11 is 7.04. The number of nitrogens with zero attached hydrogens (tertiary/aromatic N) is 1. The number of hydrogen-bond donors (Lipinski definition) is 0. The third-order valence-electron chi connectivity index (χ3n) is 5.04. The Hall–Kier alpha value is -3.07. The van der Waals surface area contributed by atoms with Crippen LogP contribution in [0, 0.1) is 11.3 Å². The highest BCUT2D eigenvalue weighted by Crippen LogP contribution is 2.38. The summed E-state index contributed by atoms with van der Waals surface area (Å²) in [5.41, 5.74) is 3.34. The number of halogens is 2. The predicted octanol–water partition coefficient (Wildman–Crippen LogP) is 8.02. The summed E-state index contributed by atoms with van der Waals surface area (Å²) in [6, 6.07) is 28.2. The zero-order valence-corrected chi connectivity index (χ0v) is 20.5. The Kier molecular flexibility index (Phi) is 6.94. The van der Waals surface area contributed by atoms with Gasteiger partial charge in [-0.3, -0.25) is 0 Å². The number of hydrogen-bond acceptors (Lipinski definition) is 3. The zero-order chi connectivity index (χ0) is 22.5. The van der Waals surface area contributed by atoms with Crippen molar-refractivity contribution in [3.63, 3.8) is 0 Å². The topological polar surface area (TPSA) is 42.2 Å². The number of allylic oxidation sites excluding steroid dienone is 1. The van der Waals surface area contributed by atoms with Gasteiger partial charge in [0.15, 0.2) is 11.5 Å². The molecule has 158 valence electrons. The molecule has 0 aliphatic rings. The van der Waals surface area contributed by atoms with E-state index in [9.17, 15) is 5.26 Å². The molecule has 0 atom stereocenters. The highest BCUT2D eigenvalue weighted by atomic mass is 79.9. The van der Waals surface area contributed by atoms with Crippen molar-refractivity contribution in [1.29, 1.82) is 5.26 Å². The van der Waals surface area contributed by atoms with Crippen molar-refractivity contribution in [2.45, 2.75) is 6.61 Å². The Morgan fingerprint density at radius 3 is 2.41 bits per heavy atom. The number of rotatable bonds is 6. The molecule has 4 rings (SSSR count). The molecule has 0 spiro atoms. The zero-order valence-electron chi connectivity index (χ0n) is 17.3. The molecule has 5 heteroatoms. The lowest BCUT2D eigenvalue weighted by Gasteiger charge is -2.14. The quantitative estimate of drug-likeness (QED) is 0.181. The van der Waals surface area contributed by atoms with Crippen molar-refractivity contribution in [3.05, 3.63) is 104 Å². The second-order valence-electron chi connectivity index (χ2n) is 7.18. The van der Waals surface area contributed by atoms with E-state index in [1.165, 1.54) is 0 Å². The molecular formula is C27H19Br2NO2. The maximum atomic E-state index is 9.80. The van der Waals surface area contributed by atoms with E-state index in [2.05, 4.69) is 44.0 Å². The normalized spacial score (nSPS) is 11.2. The van der Waals surface area contributed by atoms with Crippen LogP contribution < -0.4 is 9.47 Å². The van der Waals surface area contributed by atoms with Crippen LogP contribution in [-0.2, 0) is 6.61 Å². The van der Waals surface area contributed by atoms with E-state index in [4.69, 9.17) is 9.47 Å². The third kappa shape index (κ3) is 5.04. The Morgan fingerprint density at radius 2 is 1.69 bits per heavy atom. The lowest BCUT2D eigenvalue weighted by molar-refractivity contribution is 0.282. The number of fused-ring (bicyclic) bond motifs is 1. The van der Waals surface area contributed by atoms with Gasteiger partial charge < -0.3 is 9.47 Å². The van der Waals surface area contributed by atoms with Gasteiger partial charge in [0.2, 0.25) is 0 Å². The molecular weight excluding hydrogens is 530 g/mol. The predicted molar refractivity (Wildman–Crippen MR) is 137 cm³/mol. The first-order chi connectivity index (χ1) is 15.6. The van der Waals surface area contributed by atoms with Gasteiger partial charge in [0.05, 0.1) is 23.2 Å². The Morgan fingerprint density at radius 1 is 0.938 bits per heavy atom. The first-order valence-electron chi connectivity index (χ1n) is 9.93. The molecule has 0 unspecified atom stereocenters. The minimum absolute atomic E-state index is 0.415. The van der Waals surface area contributed by atoms with E-state index in [1.807, 2.05) is 78.9 Å². The standard InChI is InChI=1S/C27H19Br2NO2/c1-31-26-14-19(13-25(29)27(26)32-17-18-6-10-24(28)11-7-18)12-23(16-30)22-9-8-20-4-2-3-5-21(20)15-22/h2-15H,17H2,1H3/b23-12-. The van der Waals surface area contributed by atoms with Gasteiger partial charge in [-0.1, -0.05) is 64.5 Å². The van der Waals surface area contributed by atoms with Crippen molar-refractivity contribution in [1.82, 2.24) is 0 Å². The van der Waals surface area contributed by atoms with Crippen molar-refractivity contribution in [2.75, 3.05) is 7.11 Å². The SMILES string of the molecule is COc1cc(/C=C(/C#N)c2ccc3ccccc3c2)cc(Br)c1OCc1ccc(Br)cc1. The number of nitriles is 1. The molecule has 4 aromatic rings. The van der Waals surface area contributed by atoms with Crippen LogP contribution in [0.4, 0.5) is 0 Å². The smallest absolute Gasteiger partial charge is 0.175 e. The van der Waals surface area contributed by atoms with Gasteiger partial charge in [-0.2, -0.15) is 5.26 Å². The van der Waals surface area contributed by atoms with E-state index < -0.39 is 0 Å². The average molecular weight is 549 g/mol. The number of benzene rings is 4. The van der Waals surface area contributed by atoms with Crippen molar-refractivity contribution in [2.24, 2.45) is 0 Å². The van der Waals surface area contributed by atoms with Gasteiger partial charge in [0, 0.05) is 4.47 Å². The Labute approximate surface area is 204 Å². The Bertz CT molecular complexity index is 1340. The molecule has 0 fully saturated rings. The van der Waals surface area contributed by atoms with Crippen LogP contribution in [0.3, 0.4) is 0 Å². The van der Waals surface area contributed by atoms with Crippen LogP contribution in [0.5, 0.6) is 11.5 Å². The summed E-state index contributed by atoms with van der Waals surface area (Å²) in [5, 5.41) is 12.0. The summed E-state index contributed by atoms with van der Waals surface area (Å²) < 4.78 is 13.4. The van der Waals surface area contributed by atoms with Crippen LogP contribution in [0.1, 0.15) is 16.7 Å². The van der Waals surface area contributed by atoms with Crippen LogP contribution in [0.15, 0.2) is 87.8 Å². The summed E-state index contributed by atoms with van der Waals surface area (Å²) in [6.07, 6.45) is 1.86. The summed E-state index contributed by atoms with van der Waals surface area (Å²) in [4.78, 5) is 0. The van der Waals surface area contributed by atoms with Gasteiger partial charge in [0.25, 0.3) is 0 Å². The fraction of sp³-hybridized carbons (Fsp3) is 0.0741.